The zero-order chi connectivity index (χ0) is 22.2. The topological polar surface area (TPSA) is 92.3 Å². The Morgan fingerprint density at radius 2 is 1.77 bits per heavy atom. The lowest BCUT2D eigenvalue weighted by molar-refractivity contribution is -0.117. The molecule has 0 aliphatic carbocycles. The third kappa shape index (κ3) is 6.33. The van der Waals surface area contributed by atoms with Crippen molar-refractivity contribution in [3.05, 3.63) is 65.5 Å². The molecule has 7 nitrogen and oxygen atoms in total. The van der Waals surface area contributed by atoms with Crippen molar-refractivity contribution in [1.29, 1.82) is 5.26 Å². The highest BCUT2D eigenvalue weighted by Crippen LogP contribution is 2.26. The number of aryl methyl sites for hydroxylation is 2. The highest BCUT2D eigenvalue weighted by atomic mass is 32.2. The largest absolute Gasteiger partial charge is 0.484 e. The Kier molecular flexibility index (Phi) is 7.68. The van der Waals surface area contributed by atoms with Crippen LogP contribution >= 0.6 is 11.8 Å². The summed E-state index contributed by atoms with van der Waals surface area (Å²) in [7, 11) is 0. The molecule has 0 saturated heterocycles. The number of amides is 1. The van der Waals surface area contributed by atoms with Gasteiger partial charge in [-0.3, -0.25) is 4.79 Å². The molecule has 0 spiro atoms. The minimum absolute atomic E-state index is 0.125. The summed E-state index contributed by atoms with van der Waals surface area (Å²) >= 11 is 1.19. The second-order valence-corrected chi connectivity index (χ2v) is 8.35. The molecule has 31 heavy (non-hydrogen) atoms. The fourth-order valence-electron chi connectivity index (χ4n) is 2.80. The summed E-state index contributed by atoms with van der Waals surface area (Å²) in [6.07, 6.45) is 0.248. The van der Waals surface area contributed by atoms with Crippen LogP contribution in [0.2, 0.25) is 0 Å². The zero-order valence-corrected chi connectivity index (χ0v) is 18.6. The molecule has 160 valence electrons. The van der Waals surface area contributed by atoms with Crippen LogP contribution in [-0.2, 0) is 11.4 Å². The number of hydrogen-bond donors (Lipinski definition) is 0. The predicted molar refractivity (Wildman–Crippen MR) is 119 cm³/mol. The van der Waals surface area contributed by atoms with Crippen LogP contribution < -0.4 is 9.64 Å². The lowest BCUT2D eigenvalue weighted by Gasteiger charge is -2.24. The second kappa shape index (κ2) is 10.6. The molecule has 1 aromatic heterocycles. The number of carbonyl (C=O) groups excluding carboxylic acids is 1. The first-order valence-corrected chi connectivity index (χ1v) is 10.8. The van der Waals surface area contributed by atoms with Crippen molar-refractivity contribution in [3.63, 3.8) is 0 Å². The Morgan fingerprint density at radius 1 is 1.13 bits per heavy atom. The van der Waals surface area contributed by atoms with Gasteiger partial charge in [-0.25, -0.2) is 0 Å². The molecule has 2 aromatic carbocycles. The van der Waals surface area contributed by atoms with Gasteiger partial charge in [0.1, 0.15) is 5.75 Å². The zero-order valence-electron chi connectivity index (χ0n) is 17.7. The molecule has 1 heterocycles. The first-order chi connectivity index (χ1) is 15.0. The van der Waals surface area contributed by atoms with E-state index < -0.39 is 5.25 Å². The molecular weight excluding hydrogens is 412 g/mol. The molecule has 0 saturated carbocycles. The number of nitriles is 1. The van der Waals surface area contributed by atoms with Crippen LogP contribution in [0.5, 0.6) is 5.75 Å². The Morgan fingerprint density at radius 3 is 2.42 bits per heavy atom. The number of ether oxygens (including phenoxy) is 1. The molecule has 0 bridgehead atoms. The van der Waals surface area contributed by atoms with E-state index in [4.69, 9.17) is 14.4 Å². The van der Waals surface area contributed by atoms with Crippen molar-refractivity contribution >= 4 is 23.4 Å². The van der Waals surface area contributed by atoms with Crippen LogP contribution in [0.4, 0.5) is 5.69 Å². The number of benzene rings is 2. The first kappa shape index (κ1) is 22.4. The first-order valence-electron chi connectivity index (χ1n) is 9.90. The quantitative estimate of drug-likeness (QED) is 0.449. The minimum atomic E-state index is -0.466. The lowest BCUT2D eigenvalue weighted by atomic mass is 10.2. The van der Waals surface area contributed by atoms with E-state index in [1.165, 1.54) is 11.8 Å². The van der Waals surface area contributed by atoms with Crippen molar-refractivity contribution in [1.82, 2.24) is 10.2 Å². The van der Waals surface area contributed by atoms with E-state index in [-0.39, 0.29) is 18.9 Å². The van der Waals surface area contributed by atoms with Gasteiger partial charge in [0.2, 0.25) is 5.91 Å². The van der Waals surface area contributed by atoms with Gasteiger partial charge >= 0.3 is 0 Å². The molecule has 3 rings (SSSR count). The number of thioether (sulfide) groups is 1. The van der Waals surface area contributed by atoms with Gasteiger partial charge in [-0.05, 0) is 45.0 Å². The third-order valence-electron chi connectivity index (χ3n) is 4.52. The average Bonchev–Trinajstić information content (AvgIpc) is 3.22. The summed E-state index contributed by atoms with van der Waals surface area (Å²) in [4.78, 5) is 14.7. The van der Waals surface area contributed by atoms with Crippen LogP contribution in [0.25, 0.3) is 0 Å². The van der Waals surface area contributed by atoms with Gasteiger partial charge in [0.05, 0.1) is 17.7 Å². The van der Waals surface area contributed by atoms with Crippen LogP contribution in [0, 0.1) is 25.2 Å². The number of aromatic nitrogens is 2. The van der Waals surface area contributed by atoms with E-state index in [1.807, 2.05) is 62.4 Å². The number of carbonyl (C=O) groups is 1. The maximum atomic E-state index is 13.1. The molecule has 1 amide bonds. The normalized spacial score (nSPS) is 11.5. The van der Waals surface area contributed by atoms with Crippen molar-refractivity contribution in [3.8, 4) is 11.8 Å². The van der Waals surface area contributed by atoms with Gasteiger partial charge in [-0.1, -0.05) is 47.2 Å². The van der Waals surface area contributed by atoms with Crippen LogP contribution in [-0.4, -0.2) is 27.9 Å². The summed E-state index contributed by atoms with van der Waals surface area (Å²) < 4.78 is 11.3. The van der Waals surface area contributed by atoms with E-state index in [9.17, 15) is 4.79 Å². The molecule has 8 heteroatoms. The van der Waals surface area contributed by atoms with E-state index in [1.54, 1.807) is 11.8 Å². The fraction of sp³-hybridized carbons (Fsp3) is 0.304. The standard InChI is InChI=1S/C23H24N4O3S/c1-16-5-9-19(10-6-16)27(14-4-13-24)22(28)18(3)31-23-26-25-21(30-23)15-29-20-11-7-17(2)8-12-20/h5-12,18H,4,14-15H2,1-3H3. The number of nitrogens with zero attached hydrogens (tertiary/aromatic N) is 4. The summed E-state index contributed by atoms with van der Waals surface area (Å²) in [5, 5.41) is 16.8. The van der Waals surface area contributed by atoms with E-state index >= 15 is 0 Å². The summed E-state index contributed by atoms with van der Waals surface area (Å²) in [6, 6.07) is 17.4. The second-order valence-electron chi connectivity index (χ2n) is 7.06. The molecule has 3 aromatic rings. The Bertz CT molecular complexity index is 1040. The Balaban J connectivity index is 1.61. The molecule has 0 aliphatic rings. The average molecular weight is 437 g/mol. The number of hydrogen-bond acceptors (Lipinski definition) is 7. The molecular formula is C23H24N4O3S. The maximum Gasteiger partial charge on any atom is 0.277 e. The van der Waals surface area contributed by atoms with Gasteiger partial charge in [-0.15, -0.1) is 10.2 Å². The number of anilines is 1. The van der Waals surface area contributed by atoms with Gasteiger partial charge in [-0.2, -0.15) is 5.26 Å². The van der Waals surface area contributed by atoms with Gasteiger partial charge in [0.25, 0.3) is 11.1 Å². The molecule has 1 unspecified atom stereocenters. The molecule has 0 N–H and O–H groups in total. The maximum absolute atomic E-state index is 13.1. The van der Waals surface area contributed by atoms with E-state index in [0.29, 0.717) is 23.4 Å². The fourth-order valence-corrected chi connectivity index (χ4v) is 3.56. The highest BCUT2D eigenvalue weighted by molar-refractivity contribution is 8.00. The molecule has 0 aliphatic heterocycles. The lowest BCUT2D eigenvalue weighted by Crippen LogP contribution is -2.37. The van der Waals surface area contributed by atoms with Crippen LogP contribution in [0.15, 0.2) is 58.2 Å². The van der Waals surface area contributed by atoms with Crippen molar-refractivity contribution < 1.29 is 13.9 Å². The Hall–Kier alpha value is -3.31. The smallest absolute Gasteiger partial charge is 0.277 e. The molecule has 1 atom stereocenters. The van der Waals surface area contributed by atoms with Crippen molar-refractivity contribution in [2.24, 2.45) is 0 Å². The van der Waals surface area contributed by atoms with Gasteiger partial charge in [0, 0.05) is 12.2 Å². The predicted octanol–water partition coefficient (Wildman–Crippen LogP) is 4.69. The van der Waals surface area contributed by atoms with Gasteiger partial charge in [0.15, 0.2) is 6.61 Å². The van der Waals surface area contributed by atoms with E-state index in [2.05, 4.69) is 16.3 Å². The molecule has 0 radical (unpaired) electrons. The minimum Gasteiger partial charge on any atom is -0.484 e. The third-order valence-corrected chi connectivity index (χ3v) is 5.44. The summed E-state index contributed by atoms with van der Waals surface area (Å²) in [5.41, 5.74) is 3.01. The number of rotatable bonds is 9. The van der Waals surface area contributed by atoms with Gasteiger partial charge < -0.3 is 14.1 Å². The van der Waals surface area contributed by atoms with Crippen LogP contribution in [0.1, 0.15) is 30.4 Å². The van der Waals surface area contributed by atoms with E-state index in [0.717, 1.165) is 16.8 Å². The summed E-state index contributed by atoms with van der Waals surface area (Å²) in [6.45, 7) is 6.25. The van der Waals surface area contributed by atoms with Crippen molar-refractivity contribution in [2.45, 2.75) is 44.3 Å². The Labute approximate surface area is 186 Å². The molecule has 0 fully saturated rings. The highest BCUT2D eigenvalue weighted by Gasteiger charge is 2.25. The van der Waals surface area contributed by atoms with Crippen LogP contribution in [0.3, 0.4) is 0 Å². The summed E-state index contributed by atoms with van der Waals surface area (Å²) in [5.74, 6) is 0.926. The monoisotopic (exact) mass is 436 g/mol. The SMILES string of the molecule is Cc1ccc(OCc2nnc(SC(C)C(=O)N(CCC#N)c3ccc(C)cc3)o2)cc1. The van der Waals surface area contributed by atoms with Crippen molar-refractivity contribution in [2.75, 3.05) is 11.4 Å².